The molecule has 6 heteroatoms. The number of hydrogen-bond acceptors (Lipinski definition) is 3. The zero-order chi connectivity index (χ0) is 22.0. The number of rotatable bonds is 3. The third-order valence-corrected chi connectivity index (χ3v) is 5.35. The van der Waals surface area contributed by atoms with E-state index in [9.17, 15) is 9.59 Å². The average Bonchev–Trinajstić information content (AvgIpc) is 3.23. The first-order chi connectivity index (χ1) is 14.8. The lowest BCUT2D eigenvalue weighted by atomic mass is 10.0. The second kappa shape index (κ2) is 8.38. The second-order valence-corrected chi connectivity index (χ2v) is 8.96. The lowest BCUT2D eigenvalue weighted by Crippen LogP contribution is -2.52. The molecule has 4 rings (SSSR count). The summed E-state index contributed by atoms with van der Waals surface area (Å²) in [7, 11) is 0. The monoisotopic (exact) mass is 416 g/mol. The molecule has 1 unspecified atom stereocenters. The van der Waals surface area contributed by atoms with E-state index in [0.29, 0.717) is 18.8 Å². The van der Waals surface area contributed by atoms with Crippen LogP contribution in [0, 0.1) is 0 Å². The van der Waals surface area contributed by atoms with E-state index in [4.69, 9.17) is 0 Å². The zero-order valence-electron chi connectivity index (χ0n) is 18.2. The van der Waals surface area contributed by atoms with Gasteiger partial charge in [-0.05, 0) is 56.9 Å². The molecule has 0 aliphatic carbocycles. The van der Waals surface area contributed by atoms with Crippen molar-refractivity contribution in [2.45, 2.75) is 45.2 Å². The standard InChI is InChI=1S/C25H28N4O2/c1-25(2,3)28-24(31)29-15-9-14-21(29)23(30)27-22-16-19(17-10-5-4-6-11-17)18-12-7-8-13-20(18)26-22/h4-8,10-13,16,21H,9,14-15H2,1-3H3,(H,28,31)(H,26,27,30). The Kier molecular flexibility index (Phi) is 5.63. The van der Waals surface area contributed by atoms with Gasteiger partial charge in [0, 0.05) is 17.5 Å². The molecule has 1 aromatic heterocycles. The summed E-state index contributed by atoms with van der Waals surface area (Å²) >= 11 is 0. The van der Waals surface area contributed by atoms with Gasteiger partial charge >= 0.3 is 6.03 Å². The first-order valence-electron chi connectivity index (χ1n) is 10.7. The average molecular weight is 417 g/mol. The van der Waals surface area contributed by atoms with Crippen LogP contribution in [0.3, 0.4) is 0 Å². The molecule has 2 N–H and O–H groups in total. The Morgan fingerprint density at radius 2 is 1.74 bits per heavy atom. The minimum absolute atomic E-state index is 0.205. The first-order valence-corrected chi connectivity index (χ1v) is 10.7. The maximum absolute atomic E-state index is 13.1. The molecule has 1 atom stereocenters. The molecule has 1 aliphatic heterocycles. The Morgan fingerprint density at radius 3 is 2.48 bits per heavy atom. The van der Waals surface area contributed by atoms with E-state index in [1.165, 1.54) is 0 Å². The number of carbonyl (C=O) groups is 2. The van der Waals surface area contributed by atoms with E-state index in [0.717, 1.165) is 28.5 Å². The van der Waals surface area contributed by atoms with E-state index in [-0.39, 0.29) is 17.5 Å². The van der Waals surface area contributed by atoms with Crippen molar-refractivity contribution in [1.29, 1.82) is 0 Å². The zero-order valence-corrected chi connectivity index (χ0v) is 18.2. The van der Waals surface area contributed by atoms with Gasteiger partial charge in [-0.2, -0.15) is 0 Å². The summed E-state index contributed by atoms with van der Waals surface area (Å²) in [6.45, 7) is 6.36. The fraction of sp³-hybridized carbons (Fsp3) is 0.320. The van der Waals surface area contributed by atoms with Gasteiger partial charge in [-0.3, -0.25) is 4.79 Å². The number of urea groups is 1. The maximum atomic E-state index is 13.1. The summed E-state index contributed by atoms with van der Waals surface area (Å²) in [5.41, 5.74) is 2.53. The SMILES string of the molecule is CC(C)(C)NC(=O)N1CCCC1C(=O)Nc1cc(-c2ccccc2)c2ccccc2n1. The number of likely N-dealkylation sites (tertiary alicyclic amines) is 1. The molecule has 0 bridgehead atoms. The highest BCUT2D eigenvalue weighted by molar-refractivity contribution is 6.01. The third-order valence-electron chi connectivity index (χ3n) is 5.35. The van der Waals surface area contributed by atoms with Crippen LogP contribution in [0.2, 0.25) is 0 Å². The van der Waals surface area contributed by atoms with Crippen LogP contribution in [0.5, 0.6) is 0 Å². The van der Waals surface area contributed by atoms with Crippen molar-refractivity contribution in [2.75, 3.05) is 11.9 Å². The fourth-order valence-electron chi connectivity index (χ4n) is 3.98. The second-order valence-electron chi connectivity index (χ2n) is 8.96. The Hall–Kier alpha value is -3.41. The van der Waals surface area contributed by atoms with Crippen molar-refractivity contribution >= 4 is 28.7 Å². The lowest BCUT2D eigenvalue weighted by Gasteiger charge is -2.29. The summed E-state index contributed by atoms with van der Waals surface area (Å²) < 4.78 is 0. The molecule has 3 aromatic rings. The lowest BCUT2D eigenvalue weighted by molar-refractivity contribution is -0.119. The molecule has 2 aromatic carbocycles. The Morgan fingerprint density at radius 1 is 1.03 bits per heavy atom. The van der Waals surface area contributed by atoms with Crippen molar-refractivity contribution in [2.24, 2.45) is 0 Å². The summed E-state index contributed by atoms with van der Waals surface area (Å²) in [6.07, 6.45) is 1.44. The molecular weight excluding hydrogens is 388 g/mol. The van der Waals surface area contributed by atoms with Crippen LogP contribution in [-0.2, 0) is 4.79 Å². The molecule has 2 heterocycles. The van der Waals surface area contributed by atoms with Crippen LogP contribution < -0.4 is 10.6 Å². The summed E-state index contributed by atoms with van der Waals surface area (Å²) in [5.74, 6) is 0.286. The smallest absolute Gasteiger partial charge is 0.318 e. The van der Waals surface area contributed by atoms with Crippen molar-refractivity contribution in [3.05, 3.63) is 60.7 Å². The van der Waals surface area contributed by atoms with Crippen molar-refractivity contribution in [1.82, 2.24) is 15.2 Å². The van der Waals surface area contributed by atoms with Gasteiger partial charge in [0.15, 0.2) is 0 Å². The minimum Gasteiger partial charge on any atom is -0.333 e. The molecule has 31 heavy (non-hydrogen) atoms. The van der Waals surface area contributed by atoms with E-state index < -0.39 is 6.04 Å². The molecule has 0 radical (unpaired) electrons. The van der Waals surface area contributed by atoms with Crippen LogP contribution in [0.15, 0.2) is 60.7 Å². The Balaban J connectivity index is 1.61. The molecule has 160 valence electrons. The van der Waals surface area contributed by atoms with Gasteiger partial charge in [-0.15, -0.1) is 0 Å². The number of hydrogen-bond donors (Lipinski definition) is 2. The number of pyridine rings is 1. The number of aromatic nitrogens is 1. The molecule has 3 amide bonds. The predicted octanol–water partition coefficient (Wildman–Crippen LogP) is 4.81. The van der Waals surface area contributed by atoms with Crippen molar-refractivity contribution < 1.29 is 9.59 Å². The Labute approximate surface area is 182 Å². The number of benzene rings is 2. The van der Waals surface area contributed by atoms with Gasteiger partial charge in [-0.25, -0.2) is 9.78 Å². The number of fused-ring (bicyclic) bond motifs is 1. The van der Waals surface area contributed by atoms with Gasteiger partial charge in [0.2, 0.25) is 5.91 Å². The molecule has 6 nitrogen and oxygen atoms in total. The maximum Gasteiger partial charge on any atom is 0.318 e. The largest absolute Gasteiger partial charge is 0.333 e. The van der Waals surface area contributed by atoms with E-state index in [2.05, 4.69) is 15.6 Å². The summed E-state index contributed by atoms with van der Waals surface area (Å²) in [5, 5.41) is 6.94. The van der Waals surface area contributed by atoms with Gasteiger partial charge in [0.25, 0.3) is 0 Å². The number of anilines is 1. The number of para-hydroxylation sites is 1. The van der Waals surface area contributed by atoms with E-state index in [1.54, 1.807) is 4.90 Å². The predicted molar refractivity (Wildman–Crippen MR) is 124 cm³/mol. The molecule has 0 spiro atoms. The normalized spacial score (nSPS) is 16.4. The van der Waals surface area contributed by atoms with Crippen molar-refractivity contribution in [3.8, 4) is 11.1 Å². The van der Waals surface area contributed by atoms with Crippen LogP contribution in [0.1, 0.15) is 33.6 Å². The molecule has 1 saturated heterocycles. The fourth-order valence-corrected chi connectivity index (χ4v) is 3.98. The van der Waals surface area contributed by atoms with Crippen LogP contribution in [0.25, 0.3) is 22.0 Å². The molecule has 1 fully saturated rings. The molecule has 1 aliphatic rings. The quantitative estimate of drug-likeness (QED) is 0.643. The third kappa shape index (κ3) is 4.68. The minimum atomic E-state index is -0.504. The summed E-state index contributed by atoms with van der Waals surface area (Å²) in [4.78, 5) is 32.0. The van der Waals surface area contributed by atoms with Gasteiger partial charge < -0.3 is 15.5 Å². The van der Waals surface area contributed by atoms with Gasteiger partial charge in [0.05, 0.1) is 5.52 Å². The topological polar surface area (TPSA) is 74.3 Å². The van der Waals surface area contributed by atoms with Gasteiger partial charge in [-0.1, -0.05) is 48.5 Å². The highest BCUT2D eigenvalue weighted by atomic mass is 16.2. The van der Waals surface area contributed by atoms with Crippen LogP contribution >= 0.6 is 0 Å². The van der Waals surface area contributed by atoms with Crippen LogP contribution in [-0.4, -0.2) is 39.9 Å². The van der Waals surface area contributed by atoms with E-state index in [1.807, 2.05) is 81.4 Å². The van der Waals surface area contributed by atoms with Crippen LogP contribution in [0.4, 0.5) is 10.6 Å². The first kappa shape index (κ1) is 20.8. The number of amides is 3. The number of nitrogens with one attached hydrogen (secondary N) is 2. The number of nitrogens with zero attached hydrogens (tertiary/aromatic N) is 2. The molecular formula is C25H28N4O2. The highest BCUT2D eigenvalue weighted by Gasteiger charge is 2.35. The van der Waals surface area contributed by atoms with Gasteiger partial charge in [0.1, 0.15) is 11.9 Å². The molecule has 0 saturated carbocycles. The Bertz CT molecular complexity index is 1110. The number of carbonyl (C=O) groups excluding carboxylic acids is 2. The summed E-state index contributed by atoms with van der Waals surface area (Å²) in [6, 6.07) is 19.1. The highest BCUT2D eigenvalue weighted by Crippen LogP contribution is 2.30. The van der Waals surface area contributed by atoms with Crippen molar-refractivity contribution in [3.63, 3.8) is 0 Å². The van der Waals surface area contributed by atoms with E-state index >= 15 is 0 Å².